The van der Waals surface area contributed by atoms with Crippen molar-refractivity contribution in [1.29, 1.82) is 0 Å². The van der Waals surface area contributed by atoms with Gasteiger partial charge in [0.05, 0.1) is 6.04 Å². The van der Waals surface area contributed by atoms with E-state index in [-0.39, 0.29) is 24.5 Å². The third-order valence-corrected chi connectivity index (χ3v) is 4.46. The fourth-order valence-electron chi connectivity index (χ4n) is 3.11. The van der Waals surface area contributed by atoms with Gasteiger partial charge in [0.15, 0.2) is 0 Å². The van der Waals surface area contributed by atoms with Crippen molar-refractivity contribution in [2.75, 3.05) is 24.6 Å². The van der Waals surface area contributed by atoms with Gasteiger partial charge in [0.25, 0.3) is 0 Å². The van der Waals surface area contributed by atoms with Gasteiger partial charge in [-0.2, -0.15) is 0 Å². The summed E-state index contributed by atoms with van der Waals surface area (Å²) in [7, 11) is 0. The van der Waals surface area contributed by atoms with Crippen molar-refractivity contribution in [2.45, 2.75) is 31.7 Å². The predicted molar refractivity (Wildman–Crippen MR) is 87.7 cm³/mol. The molecule has 2 aliphatic heterocycles. The van der Waals surface area contributed by atoms with Crippen LogP contribution in [0.1, 0.15) is 31.2 Å². The summed E-state index contributed by atoms with van der Waals surface area (Å²) in [4.78, 5) is 35.9. The fraction of sp³-hybridized carbons (Fsp3) is 0.471. The number of anilines is 1. The van der Waals surface area contributed by atoms with Gasteiger partial charge in [0.1, 0.15) is 6.61 Å². The summed E-state index contributed by atoms with van der Waals surface area (Å²) >= 11 is 0. The van der Waals surface area contributed by atoms with E-state index in [1.54, 1.807) is 4.90 Å². The molecule has 1 aromatic rings. The molecule has 2 atom stereocenters. The van der Waals surface area contributed by atoms with Gasteiger partial charge in [-0.05, 0) is 24.1 Å². The molecule has 128 valence electrons. The largest absolute Gasteiger partial charge is 0.447 e. The first-order valence-corrected chi connectivity index (χ1v) is 8.11. The number of amides is 3. The van der Waals surface area contributed by atoms with Gasteiger partial charge < -0.3 is 15.4 Å². The summed E-state index contributed by atoms with van der Waals surface area (Å²) in [5, 5.41) is 5.60. The minimum Gasteiger partial charge on any atom is -0.447 e. The predicted octanol–water partition coefficient (Wildman–Crippen LogP) is 1.14. The lowest BCUT2D eigenvalue weighted by molar-refractivity contribution is -0.122. The van der Waals surface area contributed by atoms with E-state index < -0.39 is 6.09 Å². The average Bonchev–Trinajstić information content (AvgIpc) is 2.94. The summed E-state index contributed by atoms with van der Waals surface area (Å²) in [6, 6.07) is 7.54. The third-order valence-electron chi connectivity index (χ3n) is 4.46. The zero-order chi connectivity index (χ0) is 17.1. The molecule has 0 aromatic heterocycles. The number of carbonyl (C=O) groups excluding carboxylic acids is 3. The van der Waals surface area contributed by atoms with E-state index in [1.165, 1.54) is 6.92 Å². The van der Waals surface area contributed by atoms with Gasteiger partial charge in [-0.15, -0.1) is 0 Å². The lowest BCUT2D eigenvalue weighted by Crippen LogP contribution is -2.42. The summed E-state index contributed by atoms with van der Waals surface area (Å²) < 4.78 is 5.11. The van der Waals surface area contributed by atoms with Crippen LogP contribution in [0, 0.1) is 0 Å². The lowest BCUT2D eigenvalue weighted by atomic mass is 9.91. The number of hydrogen-bond donors (Lipinski definition) is 2. The number of benzene rings is 1. The number of piperidine rings is 1. The Hall–Kier alpha value is -2.57. The summed E-state index contributed by atoms with van der Waals surface area (Å²) in [5.74, 6) is 0.268. The maximum Gasteiger partial charge on any atom is 0.414 e. The van der Waals surface area contributed by atoms with Crippen LogP contribution in [0.3, 0.4) is 0 Å². The third kappa shape index (κ3) is 3.50. The van der Waals surface area contributed by atoms with E-state index in [0.717, 1.165) is 17.7 Å². The zero-order valence-corrected chi connectivity index (χ0v) is 13.6. The Morgan fingerprint density at radius 3 is 2.71 bits per heavy atom. The highest BCUT2D eigenvalue weighted by atomic mass is 16.6. The molecule has 3 rings (SSSR count). The number of ether oxygens (including phenoxy) is 1. The maximum absolute atomic E-state index is 12.0. The first-order chi connectivity index (χ1) is 11.5. The molecule has 0 radical (unpaired) electrons. The second kappa shape index (κ2) is 6.90. The van der Waals surface area contributed by atoms with Crippen molar-refractivity contribution >= 4 is 23.6 Å². The van der Waals surface area contributed by atoms with Gasteiger partial charge in [-0.25, -0.2) is 4.79 Å². The van der Waals surface area contributed by atoms with E-state index >= 15 is 0 Å². The molecule has 2 fully saturated rings. The van der Waals surface area contributed by atoms with Crippen LogP contribution in [0.5, 0.6) is 0 Å². The van der Waals surface area contributed by atoms with Gasteiger partial charge in [0, 0.05) is 38.0 Å². The van der Waals surface area contributed by atoms with Gasteiger partial charge in [0.2, 0.25) is 11.8 Å². The molecule has 0 spiro atoms. The first kappa shape index (κ1) is 16.3. The quantitative estimate of drug-likeness (QED) is 0.866. The van der Waals surface area contributed by atoms with E-state index in [1.807, 2.05) is 24.3 Å². The Kier molecular flexibility index (Phi) is 4.69. The lowest BCUT2D eigenvalue weighted by Gasteiger charge is -2.25. The van der Waals surface area contributed by atoms with Crippen molar-refractivity contribution < 1.29 is 19.1 Å². The molecular formula is C17H21N3O4. The molecule has 3 amide bonds. The molecule has 2 saturated heterocycles. The van der Waals surface area contributed by atoms with Crippen LogP contribution in [0.2, 0.25) is 0 Å². The minimum atomic E-state index is -0.400. The molecule has 7 heteroatoms. The molecular weight excluding hydrogens is 310 g/mol. The topological polar surface area (TPSA) is 87.7 Å². The van der Waals surface area contributed by atoms with E-state index in [9.17, 15) is 14.4 Å². The van der Waals surface area contributed by atoms with Crippen LogP contribution in [0.4, 0.5) is 10.5 Å². The van der Waals surface area contributed by atoms with E-state index in [2.05, 4.69) is 10.6 Å². The van der Waals surface area contributed by atoms with Gasteiger partial charge in [-0.1, -0.05) is 12.1 Å². The summed E-state index contributed by atoms with van der Waals surface area (Å²) in [6.45, 7) is 2.71. The Labute approximate surface area is 140 Å². The zero-order valence-electron chi connectivity index (χ0n) is 13.6. The van der Waals surface area contributed by atoms with Crippen molar-refractivity contribution in [1.82, 2.24) is 10.6 Å². The molecule has 0 bridgehead atoms. The summed E-state index contributed by atoms with van der Waals surface area (Å²) in [5.41, 5.74) is 1.89. The normalized spacial score (nSPS) is 23.6. The highest BCUT2D eigenvalue weighted by Crippen LogP contribution is 2.28. The van der Waals surface area contributed by atoms with Crippen molar-refractivity contribution in [3.8, 4) is 0 Å². The number of nitrogens with zero attached hydrogens (tertiary/aromatic N) is 1. The van der Waals surface area contributed by atoms with Crippen LogP contribution < -0.4 is 15.5 Å². The maximum atomic E-state index is 12.0. The van der Waals surface area contributed by atoms with E-state index in [0.29, 0.717) is 25.4 Å². The molecule has 2 unspecified atom stereocenters. The second-order valence-electron chi connectivity index (χ2n) is 6.17. The van der Waals surface area contributed by atoms with Crippen LogP contribution >= 0.6 is 0 Å². The Morgan fingerprint density at radius 1 is 1.33 bits per heavy atom. The molecule has 0 saturated carbocycles. The average molecular weight is 331 g/mol. The molecule has 24 heavy (non-hydrogen) atoms. The smallest absolute Gasteiger partial charge is 0.414 e. The number of carbonyl (C=O) groups is 3. The van der Waals surface area contributed by atoms with Gasteiger partial charge in [-0.3, -0.25) is 14.5 Å². The molecule has 2 heterocycles. The molecule has 2 aliphatic rings. The van der Waals surface area contributed by atoms with Gasteiger partial charge >= 0.3 is 6.09 Å². The number of cyclic esters (lactones) is 1. The van der Waals surface area contributed by atoms with Crippen LogP contribution in [-0.4, -0.2) is 43.6 Å². The fourth-order valence-corrected chi connectivity index (χ4v) is 3.11. The van der Waals surface area contributed by atoms with Crippen LogP contribution in [0.25, 0.3) is 0 Å². The first-order valence-electron chi connectivity index (χ1n) is 8.11. The van der Waals surface area contributed by atoms with Crippen molar-refractivity contribution in [2.24, 2.45) is 0 Å². The number of nitrogens with one attached hydrogen (secondary N) is 2. The van der Waals surface area contributed by atoms with Crippen LogP contribution in [-0.2, 0) is 14.3 Å². The Bertz CT molecular complexity index is 634. The van der Waals surface area contributed by atoms with E-state index in [4.69, 9.17) is 4.74 Å². The molecule has 0 aliphatic carbocycles. The second-order valence-corrected chi connectivity index (χ2v) is 6.17. The molecule has 7 nitrogen and oxygen atoms in total. The Morgan fingerprint density at radius 2 is 2.08 bits per heavy atom. The monoisotopic (exact) mass is 331 g/mol. The highest BCUT2D eigenvalue weighted by molar-refractivity contribution is 5.90. The highest BCUT2D eigenvalue weighted by Gasteiger charge is 2.34. The van der Waals surface area contributed by atoms with Crippen LogP contribution in [0.15, 0.2) is 24.3 Å². The Balaban J connectivity index is 1.70. The van der Waals surface area contributed by atoms with Crippen molar-refractivity contribution in [3.63, 3.8) is 0 Å². The van der Waals surface area contributed by atoms with Crippen molar-refractivity contribution in [3.05, 3.63) is 29.8 Å². The summed E-state index contributed by atoms with van der Waals surface area (Å²) in [6.07, 6.45) is 0.981. The number of rotatable bonds is 4. The SMILES string of the molecule is CC(=O)NCC1COC(=O)N1c1ccc(C2CCC(=O)NC2)cc1. The minimum absolute atomic E-state index is 0.100. The molecule has 1 aromatic carbocycles. The number of hydrogen-bond acceptors (Lipinski definition) is 4. The standard InChI is InChI=1S/C17H21N3O4/c1-11(21)18-9-15-10-24-17(23)20(15)14-5-2-12(3-6-14)13-4-7-16(22)19-8-13/h2-3,5-6,13,15H,4,7-10H2,1H3,(H,18,21)(H,19,22). The molecule has 2 N–H and O–H groups in total.